The molecule has 1 aliphatic heterocycles. The van der Waals surface area contributed by atoms with Gasteiger partial charge in [-0.05, 0) is 56.5 Å². The van der Waals surface area contributed by atoms with Gasteiger partial charge in [0.15, 0.2) is 12.7 Å². The minimum absolute atomic E-state index is 0.0930. The fraction of sp³-hybridized carbons (Fsp3) is 0.259. The summed E-state index contributed by atoms with van der Waals surface area (Å²) < 4.78 is 5.99. The van der Waals surface area contributed by atoms with Gasteiger partial charge in [0.2, 0.25) is 0 Å². The van der Waals surface area contributed by atoms with Crippen molar-refractivity contribution in [3.63, 3.8) is 0 Å². The van der Waals surface area contributed by atoms with E-state index in [4.69, 9.17) is 0 Å². The van der Waals surface area contributed by atoms with Crippen LogP contribution in [0.3, 0.4) is 0 Å². The summed E-state index contributed by atoms with van der Waals surface area (Å²) in [6, 6.07) is 12.9. The molecule has 34 heavy (non-hydrogen) atoms. The molecule has 0 fully saturated rings. The number of fused-ring (bicyclic) bond motifs is 1. The Labute approximate surface area is 212 Å². The van der Waals surface area contributed by atoms with Crippen molar-refractivity contribution in [2.24, 2.45) is 0 Å². The number of nitrogens with zero attached hydrogens (tertiary/aromatic N) is 3. The molecule has 0 aliphatic carbocycles. The molecule has 4 nitrogen and oxygen atoms in total. The van der Waals surface area contributed by atoms with Crippen LogP contribution in [0.5, 0.6) is 0 Å². The Morgan fingerprint density at radius 3 is 2.59 bits per heavy atom. The molecule has 0 saturated heterocycles. The van der Waals surface area contributed by atoms with Crippen molar-refractivity contribution in [2.75, 3.05) is 11.9 Å². The highest BCUT2D eigenvalue weighted by Crippen LogP contribution is 2.45. The molecule has 3 heterocycles. The SMILES string of the molecule is CCn1c(=O)/c(=C2\Sc3ccc(C)cc3N2C)s/c1=C\c1scc[n+]1Cc1c(C)cccc1C. The number of aromatic nitrogens is 2. The summed E-state index contributed by atoms with van der Waals surface area (Å²) in [5.41, 5.74) is 6.46. The van der Waals surface area contributed by atoms with Crippen LogP contribution >= 0.6 is 34.4 Å². The van der Waals surface area contributed by atoms with Gasteiger partial charge in [-0.15, -0.1) is 11.3 Å². The Hall–Kier alpha value is -2.61. The number of hydrogen-bond donors (Lipinski definition) is 0. The summed E-state index contributed by atoms with van der Waals surface area (Å²) in [6.07, 6.45) is 4.31. The van der Waals surface area contributed by atoms with Gasteiger partial charge in [0.1, 0.15) is 14.2 Å². The lowest BCUT2D eigenvalue weighted by Gasteiger charge is -2.12. The standard InChI is InChI=1S/C27H28N3OS3/c1-6-30-24(15-23-29(12-13-32-23)16-20-18(3)8-7-9-19(20)4)34-25(26(30)31)27-28(5)21-14-17(2)10-11-22(21)33-27/h7-15H,6,16H2,1-5H3/q+1/b27-25+. The van der Waals surface area contributed by atoms with Crippen molar-refractivity contribution in [3.8, 4) is 0 Å². The monoisotopic (exact) mass is 506 g/mol. The van der Waals surface area contributed by atoms with Crippen molar-refractivity contribution in [2.45, 2.75) is 45.7 Å². The van der Waals surface area contributed by atoms with Crippen LogP contribution in [0.4, 0.5) is 5.69 Å². The normalized spacial score (nSPS) is 15.3. The largest absolute Gasteiger partial charge is 0.337 e. The van der Waals surface area contributed by atoms with Crippen LogP contribution in [0.25, 0.3) is 11.1 Å². The number of aryl methyl sites for hydroxylation is 3. The maximum absolute atomic E-state index is 13.5. The first-order valence-electron chi connectivity index (χ1n) is 11.4. The van der Waals surface area contributed by atoms with E-state index in [1.54, 1.807) is 34.4 Å². The topological polar surface area (TPSA) is 29.1 Å². The quantitative estimate of drug-likeness (QED) is 0.385. The van der Waals surface area contributed by atoms with Crippen molar-refractivity contribution in [1.82, 2.24) is 4.57 Å². The molecule has 0 atom stereocenters. The molecule has 7 heteroatoms. The van der Waals surface area contributed by atoms with E-state index in [0.717, 1.165) is 25.8 Å². The predicted molar refractivity (Wildman–Crippen MR) is 145 cm³/mol. The molecule has 2 aromatic carbocycles. The maximum Gasteiger partial charge on any atom is 0.271 e. The van der Waals surface area contributed by atoms with Gasteiger partial charge in [0.05, 0.1) is 17.1 Å². The Morgan fingerprint density at radius 1 is 1.09 bits per heavy atom. The summed E-state index contributed by atoms with van der Waals surface area (Å²) in [5, 5.41) is 4.29. The van der Waals surface area contributed by atoms with Crippen LogP contribution in [-0.2, 0) is 13.1 Å². The van der Waals surface area contributed by atoms with Crippen LogP contribution in [0, 0.1) is 20.8 Å². The molecule has 1 aliphatic rings. The van der Waals surface area contributed by atoms with Crippen LogP contribution in [0.1, 0.15) is 34.2 Å². The summed E-state index contributed by atoms with van der Waals surface area (Å²) in [6.45, 7) is 9.97. The Morgan fingerprint density at radius 2 is 1.85 bits per heavy atom. The zero-order valence-corrected chi connectivity index (χ0v) is 22.5. The summed E-state index contributed by atoms with van der Waals surface area (Å²) >= 11 is 5.00. The Balaban J connectivity index is 1.61. The van der Waals surface area contributed by atoms with Crippen molar-refractivity contribution in [1.29, 1.82) is 0 Å². The van der Waals surface area contributed by atoms with Gasteiger partial charge in [-0.25, -0.2) is 0 Å². The van der Waals surface area contributed by atoms with Crippen molar-refractivity contribution < 1.29 is 4.57 Å². The highest BCUT2D eigenvalue weighted by molar-refractivity contribution is 8.08. The lowest BCUT2D eigenvalue weighted by atomic mass is 10.0. The van der Waals surface area contributed by atoms with E-state index in [1.165, 1.54) is 32.8 Å². The van der Waals surface area contributed by atoms with Crippen molar-refractivity contribution in [3.05, 3.63) is 94.8 Å². The second kappa shape index (κ2) is 9.21. The van der Waals surface area contributed by atoms with Gasteiger partial charge >= 0.3 is 0 Å². The van der Waals surface area contributed by atoms with E-state index in [1.807, 2.05) is 11.5 Å². The van der Waals surface area contributed by atoms with Gasteiger partial charge in [0.25, 0.3) is 10.6 Å². The van der Waals surface area contributed by atoms with E-state index < -0.39 is 0 Å². The molecule has 0 amide bonds. The Bertz CT molecular complexity index is 1560. The maximum atomic E-state index is 13.5. The summed E-state index contributed by atoms with van der Waals surface area (Å²) in [7, 11) is 2.06. The molecule has 0 N–H and O–H groups in total. The number of rotatable bonds is 4. The fourth-order valence-corrected chi connectivity index (χ4v) is 7.66. The average Bonchev–Trinajstić information content (AvgIpc) is 3.47. The van der Waals surface area contributed by atoms with Gasteiger partial charge in [-0.3, -0.25) is 9.36 Å². The molecule has 0 unspecified atom stereocenters. The molecular formula is C27H28N3OS3+. The minimum atomic E-state index is 0.0930. The first-order chi connectivity index (χ1) is 16.4. The highest BCUT2D eigenvalue weighted by atomic mass is 32.2. The van der Waals surface area contributed by atoms with Crippen LogP contribution in [0.15, 0.2) is 57.7 Å². The van der Waals surface area contributed by atoms with E-state index in [9.17, 15) is 4.79 Å². The van der Waals surface area contributed by atoms with Gasteiger partial charge in [-0.1, -0.05) is 47.4 Å². The third-order valence-corrected chi connectivity index (χ3v) is 9.68. The molecule has 0 saturated carbocycles. The Kier molecular flexibility index (Phi) is 6.27. The third-order valence-electron chi connectivity index (χ3n) is 6.34. The van der Waals surface area contributed by atoms with Crippen LogP contribution in [-0.4, -0.2) is 11.6 Å². The van der Waals surface area contributed by atoms with Crippen molar-refractivity contribution >= 4 is 51.2 Å². The van der Waals surface area contributed by atoms with Crippen LogP contribution in [0.2, 0.25) is 0 Å². The minimum Gasteiger partial charge on any atom is -0.337 e. The average molecular weight is 507 g/mol. The van der Waals surface area contributed by atoms with E-state index in [2.05, 4.69) is 91.3 Å². The highest BCUT2D eigenvalue weighted by Gasteiger charge is 2.25. The van der Waals surface area contributed by atoms with E-state index >= 15 is 0 Å². The molecule has 0 bridgehead atoms. The second-order valence-electron chi connectivity index (χ2n) is 8.64. The zero-order chi connectivity index (χ0) is 24.0. The summed E-state index contributed by atoms with van der Waals surface area (Å²) in [4.78, 5) is 16.8. The molecule has 174 valence electrons. The molecule has 4 aromatic rings. The number of thiazole rings is 2. The lowest BCUT2D eigenvalue weighted by Crippen LogP contribution is -2.36. The van der Waals surface area contributed by atoms with Gasteiger partial charge in [0, 0.05) is 24.1 Å². The smallest absolute Gasteiger partial charge is 0.271 e. The molecule has 5 rings (SSSR count). The lowest BCUT2D eigenvalue weighted by molar-refractivity contribution is -0.685. The second-order valence-corrected chi connectivity index (χ2v) is 11.6. The molecule has 0 radical (unpaired) electrons. The number of anilines is 1. The molecule has 0 spiro atoms. The van der Waals surface area contributed by atoms with E-state index in [-0.39, 0.29) is 5.56 Å². The van der Waals surface area contributed by atoms with Gasteiger partial charge < -0.3 is 4.90 Å². The predicted octanol–water partition coefficient (Wildman–Crippen LogP) is 4.39. The van der Waals surface area contributed by atoms with Gasteiger partial charge in [-0.2, -0.15) is 4.57 Å². The summed E-state index contributed by atoms with van der Waals surface area (Å²) in [5.74, 6) is 0. The number of benzene rings is 2. The number of hydrogen-bond acceptors (Lipinski definition) is 5. The molecule has 2 aromatic heterocycles. The first-order valence-corrected chi connectivity index (χ1v) is 13.9. The third kappa shape index (κ3) is 4.06. The van der Waals surface area contributed by atoms with E-state index in [0.29, 0.717) is 6.54 Å². The zero-order valence-electron chi connectivity index (χ0n) is 20.1. The fourth-order valence-electron chi connectivity index (χ4n) is 4.36. The van der Waals surface area contributed by atoms with Crippen LogP contribution < -0.4 is 24.2 Å². The molecular weight excluding hydrogens is 479 g/mol. The first kappa shape index (κ1) is 23.1. The number of thioether (sulfide) groups is 1.